The summed E-state index contributed by atoms with van der Waals surface area (Å²) < 4.78 is 5.05. The van der Waals surface area contributed by atoms with Crippen LogP contribution >= 0.6 is 11.3 Å². The van der Waals surface area contributed by atoms with Crippen LogP contribution in [0.2, 0.25) is 0 Å². The van der Waals surface area contributed by atoms with E-state index in [1.807, 2.05) is 11.3 Å². The third-order valence-corrected chi connectivity index (χ3v) is 11.1. The third-order valence-electron chi connectivity index (χ3n) is 9.79. The van der Waals surface area contributed by atoms with Crippen molar-refractivity contribution in [1.29, 1.82) is 0 Å². The number of pyridine rings is 1. The first-order valence-corrected chi connectivity index (χ1v) is 17.8. The molecule has 10 rings (SSSR count). The minimum absolute atomic E-state index is 0.970. The number of hydrogen-bond acceptors (Lipinski definition) is 2. The molecule has 0 saturated carbocycles. The zero-order chi connectivity index (χ0) is 33.0. The molecular weight excluding hydrogens is 625 g/mol. The quantitative estimate of drug-likeness (QED) is 0.181. The van der Waals surface area contributed by atoms with Gasteiger partial charge in [0.15, 0.2) is 0 Å². The summed E-state index contributed by atoms with van der Waals surface area (Å²) in [4.78, 5) is 5.11. The molecule has 0 unspecified atom stereocenters. The third kappa shape index (κ3) is 4.67. The van der Waals surface area contributed by atoms with Crippen molar-refractivity contribution in [2.75, 3.05) is 0 Å². The number of aromatic nitrogens is 2. The van der Waals surface area contributed by atoms with Gasteiger partial charge in [0.2, 0.25) is 0 Å². The van der Waals surface area contributed by atoms with Crippen molar-refractivity contribution >= 4 is 53.3 Å². The number of fused-ring (bicyclic) bond motifs is 7. The lowest BCUT2D eigenvalue weighted by Gasteiger charge is -2.12. The highest BCUT2D eigenvalue weighted by atomic mass is 32.1. The van der Waals surface area contributed by atoms with E-state index in [1.54, 1.807) is 0 Å². The lowest BCUT2D eigenvalue weighted by Crippen LogP contribution is -1.92. The molecule has 0 aliphatic heterocycles. The Labute approximate surface area is 294 Å². The van der Waals surface area contributed by atoms with Gasteiger partial charge in [-0.15, -0.1) is 11.3 Å². The molecular formula is C47H30N2S. The largest absolute Gasteiger partial charge is 0.309 e. The highest BCUT2D eigenvalue weighted by Gasteiger charge is 2.19. The van der Waals surface area contributed by atoms with Crippen LogP contribution in [0.25, 0.3) is 92.4 Å². The maximum Gasteiger partial charge on any atom is 0.0715 e. The summed E-state index contributed by atoms with van der Waals surface area (Å²) >= 11 is 1.91. The Morgan fingerprint density at radius 1 is 0.380 bits per heavy atom. The molecule has 0 fully saturated rings. The fourth-order valence-electron chi connectivity index (χ4n) is 7.47. The van der Waals surface area contributed by atoms with Crippen LogP contribution in [-0.4, -0.2) is 9.55 Å². The summed E-state index contributed by atoms with van der Waals surface area (Å²) in [7, 11) is 0. The number of para-hydroxylation sites is 2. The molecule has 0 atom stereocenters. The number of rotatable bonds is 5. The number of benzene rings is 7. The van der Waals surface area contributed by atoms with E-state index in [9.17, 15) is 0 Å². The molecule has 7 aromatic carbocycles. The van der Waals surface area contributed by atoms with Gasteiger partial charge < -0.3 is 4.57 Å². The highest BCUT2D eigenvalue weighted by Crippen LogP contribution is 2.46. The maximum absolute atomic E-state index is 5.11. The topological polar surface area (TPSA) is 17.8 Å². The molecule has 0 N–H and O–H groups in total. The lowest BCUT2D eigenvalue weighted by atomic mass is 9.96. The molecule has 234 valence electrons. The van der Waals surface area contributed by atoms with Gasteiger partial charge in [-0.2, -0.15) is 0 Å². The zero-order valence-corrected chi connectivity index (χ0v) is 27.9. The van der Waals surface area contributed by atoms with Gasteiger partial charge in [-0.1, -0.05) is 140 Å². The van der Waals surface area contributed by atoms with Crippen LogP contribution in [0.5, 0.6) is 0 Å². The summed E-state index contributed by atoms with van der Waals surface area (Å²) in [6.07, 6.45) is 0. The Bertz CT molecular complexity index is 2790. The van der Waals surface area contributed by atoms with Crippen LogP contribution in [0.3, 0.4) is 0 Å². The number of thiophene rings is 1. The minimum Gasteiger partial charge on any atom is -0.309 e. The van der Waals surface area contributed by atoms with Gasteiger partial charge in [-0.3, -0.25) is 0 Å². The first-order chi connectivity index (χ1) is 24.8. The van der Waals surface area contributed by atoms with E-state index in [2.05, 4.69) is 187 Å². The summed E-state index contributed by atoms with van der Waals surface area (Å²) in [5.74, 6) is 0. The van der Waals surface area contributed by atoms with Crippen molar-refractivity contribution in [1.82, 2.24) is 9.55 Å². The van der Waals surface area contributed by atoms with Crippen molar-refractivity contribution in [3.63, 3.8) is 0 Å². The summed E-state index contributed by atoms with van der Waals surface area (Å²) in [6, 6.07) is 65.3. The molecule has 50 heavy (non-hydrogen) atoms. The van der Waals surface area contributed by atoms with Crippen molar-refractivity contribution < 1.29 is 0 Å². The molecule has 3 heteroatoms. The Hall–Kier alpha value is -6.29. The van der Waals surface area contributed by atoms with Gasteiger partial charge in [0, 0.05) is 47.8 Å². The minimum atomic E-state index is 0.970. The number of hydrogen-bond donors (Lipinski definition) is 0. The summed E-state index contributed by atoms with van der Waals surface area (Å²) in [6.45, 7) is 0. The average Bonchev–Trinajstić information content (AvgIpc) is 3.75. The Balaban J connectivity index is 1.16. The van der Waals surface area contributed by atoms with Crippen LogP contribution < -0.4 is 0 Å². The molecule has 0 amide bonds. The van der Waals surface area contributed by atoms with Crippen molar-refractivity contribution in [2.24, 2.45) is 0 Å². The van der Waals surface area contributed by atoms with E-state index < -0.39 is 0 Å². The standard InChI is InChI=1S/C47H30N2S/c1-4-14-31(15-5-1)41-29-35(30-42(48-41)32-16-6-2-7-17-32)33-18-12-19-34(28-33)37-23-13-24-38-39-26-27-44-45(47(39)50-46(37)38)40-22-10-11-25-43(40)49(44)36-20-8-3-9-21-36/h1-30H. The molecule has 3 aromatic heterocycles. The van der Waals surface area contributed by atoms with Gasteiger partial charge in [0.25, 0.3) is 0 Å². The molecule has 2 nitrogen and oxygen atoms in total. The maximum atomic E-state index is 5.11. The van der Waals surface area contributed by atoms with Gasteiger partial charge in [-0.25, -0.2) is 4.98 Å². The molecule has 10 aromatic rings. The molecule has 0 bridgehead atoms. The molecule has 0 radical (unpaired) electrons. The normalized spacial score (nSPS) is 11.6. The fourth-order valence-corrected chi connectivity index (χ4v) is 8.86. The molecule has 0 spiro atoms. The van der Waals surface area contributed by atoms with Gasteiger partial charge in [0.1, 0.15) is 0 Å². The first kappa shape index (κ1) is 28.7. The monoisotopic (exact) mass is 654 g/mol. The molecule has 0 saturated heterocycles. The van der Waals surface area contributed by atoms with E-state index in [0.29, 0.717) is 0 Å². The fraction of sp³-hybridized carbons (Fsp3) is 0. The predicted molar refractivity (Wildman–Crippen MR) is 213 cm³/mol. The Morgan fingerprint density at radius 3 is 1.70 bits per heavy atom. The zero-order valence-electron chi connectivity index (χ0n) is 27.1. The smallest absolute Gasteiger partial charge is 0.0715 e. The lowest BCUT2D eigenvalue weighted by molar-refractivity contribution is 1.18. The van der Waals surface area contributed by atoms with E-state index in [0.717, 1.165) is 28.1 Å². The second-order valence-corrected chi connectivity index (χ2v) is 13.8. The van der Waals surface area contributed by atoms with Crippen molar-refractivity contribution in [3.05, 3.63) is 182 Å². The summed E-state index contributed by atoms with van der Waals surface area (Å²) in [5, 5.41) is 5.21. The van der Waals surface area contributed by atoms with Crippen LogP contribution in [-0.2, 0) is 0 Å². The molecule has 0 aliphatic rings. The van der Waals surface area contributed by atoms with Crippen LogP contribution in [0, 0.1) is 0 Å². The molecule has 0 aliphatic carbocycles. The second kappa shape index (κ2) is 11.7. The van der Waals surface area contributed by atoms with Crippen LogP contribution in [0.15, 0.2) is 182 Å². The predicted octanol–water partition coefficient (Wildman–Crippen LogP) is 13.2. The summed E-state index contributed by atoms with van der Waals surface area (Å²) in [5.41, 5.74) is 12.6. The first-order valence-electron chi connectivity index (χ1n) is 17.0. The van der Waals surface area contributed by atoms with E-state index in [1.165, 1.54) is 64.4 Å². The highest BCUT2D eigenvalue weighted by molar-refractivity contribution is 7.27. The van der Waals surface area contributed by atoms with E-state index >= 15 is 0 Å². The van der Waals surface area contributed by atoms with Crippen molar-refractivity contribution in [2.45, 2.75) is 0 Å². The number of nitrogens with zero attached hydrogens (tertiary/aromatic N) is 2. The molecule has 3 heterocycles. The average molecular weight is 655 g/mol. The van der Waals surface area contributed by atoms with Crippen molar-refractivity contribution in [3.8, 4) is 50.5 Å². The van der Waals surface area contributed by atoms with Gasteiger partial charge >= 0.3 is 0 Å². The van der Waals surface area contributed by atoms with E-state index in [-0.39, 0.29) is 0 Å². The Morgan fingerprint density at radius 2 is 0.960 bits per heavy atom. The van der Waals surface area contributed by atoms with Gasteiger partial charge in [0.05, 0.1) is 22.4 Å². The van der Waals surface area contributed by atoms with Gasteiger partial charge in [-0.05, 0) is 64.7 Å². The second-order valence-electron chi connectivity index (χ2n) is 12.7. The SMILES string of the molecule is c1ccc(-c2cc(-c3cccc(-c4cccc5c4sc4c5ccc5c4c4ccccc4n5-c4ccccc4)c3)cc(-c3ccccc3)n2)cc1. The van der Waals surface area contributed by atoms with Crippen LogP contribution in [0.1, 0.15) is 0 Å². The van der Waals surface area contributed by atoms with Crippen LogP contribution in [0.4, 0.5) is 0 Å². The Kier molecular flexibility index (Phi) is 6.71. The van der Waals surface area contributed by atoms with E-state index in [4.69, 9.17) is 4.98 Å².